The van der Waals surface area contributed by atoms with Crippen LogP contribution >= 0.6 is 0 Å². The van der Waals surface area contributed by atoms with Crippen LogP contribution in [0.4, 0.5) is 0 Å². The number of methoxy groups -OCH3 is 2. The summed E-state index contributed by atoms with van der Waals surface area (Å²) in [7, 11) is 3.30. The number of ether oxygens (including phenoxy) is 2. The van der Waals surface area contributed by atoms with Gasteiger partial charge in [0.05, 0.1) is 14.2 Å². The predicted octanol–water partition coefficient (Wildman–Crippen LogP) is 3.58. The van der Waals surface area contributed by atoms with E-state index in [4.69, 9.17) is 9.47 Å². The van der Waals surface area contributed by atoms with Gasteiger partial charge >= 0.3 is 0 Å². The molecule has 1 atom stereocenters. The van der Waals surface area contributed by atoms with Gasteiger partial charge in [-0.25, -0.2) is 0 Å². The molecular formula is C21H27NO3. The Bertz CT molecular complexity index is 684. The van der Waals surface area contributed by atoms with Crippen molar-refractivity contribution in [1.29, 1.82) is 0 Å². The number of piperidine rings is 1. The summed E-state index contributed by atoms with van der Waals surface area (Å²) in [5.41, 5.74) is 3.59. The van der Waals surface area contributed by atoms with Crippen LogP contribution in [0, 0.1) is 5.92 Å². The first-order valence-electron chi connectivity index (χ1n) is 8.88. The van der Waals surface area contributed by atoms with Crippen molar-refractivity contribution >= 4 is 0 Å². The number of likely N-dealkylation sites (tertiary alicyclic amines) is 1. The molecule has 2 aromatic rings. The van der Waals surface area contributed by atoms with Crippen LogP contribution in [-0.4, -0.2) is 43.9 Å². The van der Waals surface area contributed by atoms with Gasteiger partial charge in [-0.2, -0.15) is 0 Å². The molecule has 134 valence electrons. The van der Waals surface area contributed by atoms with Gasteiger partial charge in [-0.3, -0.25) is 4.90 Å². The average Bonchev–Trinajstić information content (AvgIpc) is 2.68. The number of aliphatic hydroxyl groups excluding tert-OH is 1. The third-order valence-electron chi connectivity index (χ3n) is 4.94. The predicted molar refractivity (Wildman–Crippen MR) is 100 cm³/mol. The molecule has 1 saturated heterocycles. The van der Waals surface area contributed by atoms with Crippen LogP contribution in [0.5, 0.6) is 11.5 Å². The van der Waals surface area contributed by atoms with Gasteiger partial charge in [0.15, 0.2) is 11.5 Å². The Morgan fingerprint density at radius 2 is 1.72 bits per heavy atom. The van der Waals surface area contributed by atoms with Gasteiger partial charge in [0.2, 0.25) is 0 Å². The number of hydrogen-bond donors (Lipinski definition) is 1. The fourth-order valence-electron chi connectivity index (χ4n) is 3.52. The van der Waals surface area contributed by atoms with Crippen molar-refractivity contribution in [3.63, 3.8) is 0 Å². The van der Waals surface area contributed by atoms with Crippen molar-refractivity contribution in [2.24, 2.45) is 5.92 Å². The normalized spacial score (nSPS) is 18.1. The molecule has 0 radical (unpaired) electrons. The minimum atomic E-state index is 0.300. The van der Waals surface area contributed by atoms with Gasteiger partial charge in [-0.05, 0) is 54.1 Å². The number of aliphatic hydroxyl groups is 1. The van der Waals surface area contributed by atoms with Crippen molar-refractivity contribution in [1.82, 2.24) is 4.90 Å². The molecule has 0 saturated carbocycles. The fraction of sp³-hybridized carbons (Fsp3) is 0.429. The molecule has 4 heteroatoms. The topological polar surface area (TPSA) is 41.9 Å². The van der Waals surface area contributed by atoms with E-state index in [-0.39, 0.29) is 0 Å². The Hall–Kier alpha value is -2.04. The molecule has 25 heavy (non-hydrogen) atoms. The monoisotopic (exact) mass is 341 g/mol. The van der Waals surface area contributed by atoms with Gasteiger partial charge in [0.25, 0.3) is 0 Å². The van der Waals surface area contributed by atoms with Crippen molar-refractivity contribution in [3.8, 4) is 22.6 Å². The van der Waals surface area contributed by atoms with Crippen LogP contribution in [0.3, 0.4) is 0 Å². The van der Waals surface area contributed by atoms with E-state index in [1.54, 1.807) is 14.2 Å². The van der Waals surface area contributed by atoms with Gasteiger partial charge in [-0.1, -0.05) is 30.3 Å². The second kappa shape index (κ2) is 8.37. The third kappa shape index (κ3) is 4.33. The number of nitrogens with zero attached hydrogens (tertiary/aromatic N) is 1. The van der Waals surface area contributed by atoms with Crippen LogP contribution in [0.15, 0.2) is 42.5 Å². The zero-order valence-electron chi connectivity index (χ0n) is 15.1. The Morgan fingerprint density at radius 3 is 2.40 bits per heavy atom. The molecule has 1 aliphatic rings. The van der Waals surface area contributed by atoms with Crippen molar-refractivity contribution in [2.45, 2.75) is 19.4 Å². The first-order chi connectivity index (χ1) is 12.2. The highest BCUT2D eigenvalue weighted by Gasteiger charge is 2.19. The Balaban J connectivity index is 1.70. The molecular weight excluding hydrogens is 314 g/mol. The summed E-state index contributed by atoms with van der Waals surface area (Å²) >= 11 is 0. The maximum absolute atomic E-state index is 9.37. The molecule has 1 N–H and O–H groups in total. The first-order valence-corrected chi connectivity index (χ1v) is 8.88. The molecule has 0 aromatic heterocycles. The second-order valence-electron chi connectivity index (χ2n) is 6.69. The third-order valence-corrected chi connectivity index (χ3v) is 4.94. The van der Waals surface area contributed by atoms with Crippen LogP contribution in [0.2, 0.25) is 0 Å². The summed E-state index contributed by atoms with van der Waals surface area (Å²) in [6, 6.07) is 14.7. The standard InChI is InChI=1S/C21H27NO3/c1-24-20-10-9-19(12-21(20)25-2)18-7-5-16(6-8-18)13-22-11-3-4-17(14-22)15-23/h5-10,12,17,23H,3-4,11,13-15H2,1-2H3. The maximum Gasteiger partial charge on any atom is 0.161 e. The van der Waals surface area contributed by atoms with Crippen LogP contribution < -0.4 is 9.47 Å². The second-order valence-corrected chi connectivity index (χ2v) is 6.69. The maximum atomic E-state index is 9.37. The molecule has 1 aliphatic heterocycles. The molecule has 1 fully saturated rings. The summed E-state index contributed by atoms with van der Waals surface area (Å²) < 4.78 is 10.7. The van der Waals surface area contributed by atoms with E-state index in [0.717, 1.165) is 48.7 Å². The lowest BCUT2D eigenvalue weighted by molar-refractivity contribution is 0.116. The van der Waals surface area contributed by atoms with Crippen molar-refractivity contribution in [3.05, 3.63) is 48.0 Å². The fourth-order valence-corrected chi connectivity index (χ4v) is 3.52. The van der Waals surface area contributed by atoms with Crippen LogP contribution in [-0.2, 0) is 6.54 Å². The van der Waals surface area contributed by atoms with E-state index in [1.165, 1.54) is 12.0 Å². The Morgan fingerprint density at radius 1 is 1.00 bits per heavy atom. The summed E-state index contributed by atoms with van der Waals surface area (Å²) in [6.45, 7) is 3.36. The molecule has 0 bridgehead atoms. The highest BCUT2D eigenvalue weighted by molar-refractivity contribution is 5.67. The van der Waals surface area contributed by atoms with E-state index in [2.05, 4.69) is 29.2 Å². The molecule has 4 nitrogen and oxygen atoms in total. The van der Waals surface area contributed by atoms with Crippen molar-refractivity contribution < 1.29 is 14.6 Å². The number of rotatable bonds is 6. The number of benzene rings is 2. The Labute approximate surface area is 150 Å². The molecule has 3 rings (SSSR count). The van der Waals surface area contributed by atoms with Crippen molar-refractivity contribution in [2.75, 3.05) is 33.9 Å². The molecule has 1 heterocycles. The zero-order valence-corrected chi connectivity index (χ0v) is 15.1. The summed E-state index contributed by atoms with van der Waals surface area (Å²) in [6.07, 6.45) is 2.32. The van der Waals surface area contributed by atoms with Gasteiger partial charge < -0.3 is 14.6 Å². The van der Waals surface area contributed by atoms with E-state index >= 15 is 0 Å². The minimum absolute atomic E-state index is 0.300. The first kappa shape index (κ1) is 17.8. The quantitative estimate of drug-likeness (QED) is 0.872. The van der Waals surface area contributed by atoms with E-state index in [0.29, 0.717) is 12.5 Å². The van der Waals surface area contributed by atoms with Gasteiger partial charge in [0.1, 0.15) is 0 Å². The van der Waals surface area contributed by atoms with Crippen LogP contribution in [0.25, 0.3) is 11.1 Å². The SMILES string of the molecule is COc1ccc(-c2ccc(CN3CCCC(CO)C3)cc2)cc1OC. The highest BCUT2D eigenvalue weighted by atomic mass is 16.5. The number of hydrogen-bond acceptors (Lipinski definition) is 4. The zero-order chi connectivity index (χ0) is 17.6. The summed E-state index contributed by atoms with van der Waals surface area (Å²) in [5, 5.41) is 9.37. The van der Waals surface area contributed by atoms with E-state index in [1.807, 2.05) is 18.2 Å². The largest absolute Gasteiger partial charge is 0.493 e. The molecule has 0 amide bonds. The lowest BCUT2D eigenvalue weighted by Crippen LogP contribution is -2.36. The molecule has 0 aliphatic carbocycles. The van der Waals surface area contributed by atoms with Crippen LogP contribution in [0.1, 0.15) is 18.4 Å². The van der Waals surface area contributed by atoms with E-state index < -0.39 is 0 Å². The Kier molecular flexibility index (Phi) is 5.95. The molecule has 1 unspecified atom stereocenters. The smallest absolute Gasteiger partial charge is 0.161 e. The minimum Gasteiger partial charge on any atom is -0.493 e. The van der Waals surface area contributed by atoms with Gasteiger partial charge in [0, 0.05) is 19.7 Å². The highest BCUT2D eigenvalue weighted by Crippen LogP contribution is 2.32. The summed E-state index contributed by atoms with van der Waals surface area (Å²) in [5.74, 6) is 1.92. The summed E-state index contributed by atoms with van der Waals surface area (Å²) in [4.78, 5) is 2.44. The van der Waals surface area contributed by atoms with Gasteiger partial charge in [-0.15, -0.1) is 0 Å². The lowest BCUT2D eigenvalue weighted by Gasteiger charge is -2.31. The van der Waals surface area contributed by atoms with E-state index in [9.17, 15) is 5.11 Å². The molecule has 0 spiro atoms. The lowest BCUT2D eigenvalue weighted by atomic mass is 9.98. The molecule has 2 aromatic carbocycles. The average molecular weight is 341 g/mol.